The molecule has 2 heterocycles. The maximum absolute atomic E-state index is 10.9. The van der Waals surface area contributed by atoms with Crippen molar-refractivity contribution in [2.45, 2.75) is 26.7 Å². The highest BCUT2D eigenvalue weighted by Crippen LogP contribution is 2.34. The van der Waals surface area contributed by atoms with E-state index in [9.17, 15) is 4.79 Å². The molecule has 3 aromatic rings. The van der Waals surface area contributed by atoms with Gasteiger partial charge in [0, 0.05) is 16.9 Å². The van der Waals surface area contributed by atoms with Crippen LogP contribution in [0.25, 0.3) is 10.7 Å². The molecular formula is C21H20BrN3O2S. The number of aryl methyl sites for hydroxylation is 2. The Kier molecular flexibility index (Phi) is 6.26. The molecule has 0 spiro atoms. The predicted octanol–water partition coefficient (Wildman–Crippen LogP) is 5.68. The summed E-state index contributed by atoms with van der Waals surface area (Å²) < 4.78 is 1.07. The van der Waals surface area contributed by atoms with Crippen LogP contribution in [0.2, 0.25) is 0 Å². The van der Waals surface area contributed by atoms with Crippen LogP contribution >= 0.6 is 27.3 Å². The number of carboxylic acid groups (broad SMARTS) is 1. The lowest BCUT2D eigenvalue weighted by Gasteiger charge is -2.14. The molecule has 3 rings (SSSR count). The fraction of sp³-hybridized carbons (Fsp3) is 0.190. The molecule has 144 valence electrons. The number of hydrogen-bond acceptors (Lipinski definition) is 5. The van der Waals surface area contributed by atoms with Crippen LogP contribution in [0.15, 0.2) is 46.8 Å². The average Bonchev–Trinajstić information content (AvgIpc) is 2.98. The van der Waals surface area contributed by atoms with E-state index in [0.29, 0.717) is 12.2 Å². The maximum Gasteiger partial charge on any atom is 0.307 e. The van der Waals surface area contributed by atoms with Crippen molar-refractivity contribution in [1.82, 2.24) is 9.97 Å². The average molecular weight is 458 g/mol. The standard InChI is InChI=1S/C21H20BrN3O2S/c1-4-5-16-13(3)23-21(17-10-12(2)19(22)28-17)25-20(16)24-15-8-6-14(7-9-15)11-18(26)27/h4,6-10H,1,5,11H2,2-3H3,(H,26,27)(H,23,24,25). The van der Waals surface area contributed by atoms with E-state index in [1.54, 1.807) is 23.5 Å². The van der Waals surface area contributed by atoms with Gasteiger partial charge in [0.15, 0.2) is 5.82 Å². The molecule has 0 radical (unpaired) electrons. The summed E-state index contributed by atoms with van der Waals surface area (Å²) >= 11 is 5.17. The molecule has 0 saturated carbocycles. The fourth-order valence-electron chi connectivity index (χ4n) is 2.79. The Morgan fingerprint density at radius 2 is 2.00 bits per heavy atom. The number of aromatic nitrogens is 2. The zero-order valence-corrected chi connectivity index (χ0v) is 18.0. The largest absolute Gasteiger partial charge is 0.481 e. The first-order chi connectivity index (χ1) is 13.4. The smallest absolute Gasteiger partial charge is 0.307 e. The van der Waals surface area contributed by atoms with Crippen molar-refractivity contribution in [3.63, 3.8) is 0 Å². The summed E-state index contributed by atoms with van der Waals surface area (Å²) in [6.07, 6.45) is 2.49. The first kappa shape index (κ1) is 20.2. The van der Waals surface area contributed by atoms with Crippen molar-refractivity contribution in [3.05, 3.63) is 69.2 Å². The molecule has 0 amide bonds. The van der Waals surface area contributed by atoms with Gasteiger partial charge in [-0.3, -0.25) is 4.79 Å². The highest BCUT2D eigenvalue weighted by molar-refractivity contribution is 9.11. The summed E-state index contributed by atoms with van der Waals surface area (Å²) in [7, 11) is 0. The number of nitrogens with zero attached hydrogens (tertiary/aromatic N) is 2. The van der Waals surface area contributed by atoms with Gasteiger partial charge in [-0.25, -0.2) is 9.97 Å². The molecule has 7 heteroatoms. The zero-order valence-electron chi connectivity index (χ0n) is 15.6. The lowest BCUT2D eigenvalue weighted by Crippen LogP contribution is -2.05. The van der Waals surface area contributed by atoms with Gasteiger partial charge < -0.3 is 10.4 Å². The Hall–Kier alpha value is -2.51. The fourth-order valence-corrected chi connectivity index (χ4v) is 4.25. The molecule has 0 atom stereocenters. The van der Waals surface area contributed by atoms with Crippen LogP contribution in [-0.2, 0) is 17.6 Å². The molecule has 2 aromatic heterocycles. The lowest BCUT2D eigenvalue weighted by molar-refractivity contribution is -0.136. The first-order valence-electron chi connectivity index (χ1n) is 8.70. The number of allylic oxidation sites excluding steroid dienone is 1. The second-order valence-electron chi connectivity index (χ2n) is 6.41. The number of carbonyl (C=O) groups is 1. The second-order valence-corrected chi connectivity index (χ2v) is 8.78. The summed E-state index contributed by atoms with van der Waals surface area (Å²) in [5.74, 6) is 0.562. The van der Waals surface area contributed by atoms with Gasteiger partial charge >= 0.3 is 5.97 Å². The van der Waals surface area contributed by atoms with Crippen LogP contribution < -0.4 is 5.32 Å². The van der Waals surface area contributed by atoms with Crippen LogP contribution in [0, 0.1) is 13.8 Å². The minimum absolute atomic E-state index is 0.00532. The molecule has 0 aliphatic rings. The molecular weight excluding hydrogens is 438 g/mol. The molecule has 0 aliphatic heterocycles. The van der Waals surface area contributed by atoms with Crippen LogP contribution in [0.3, 0.4) is 0 Å². The molecule has 2 N–H and O–H groups in total. The van der Waals surface area contributed by atoms with Crippen molar-refractivity contribution in [2.75, 3.05) is 5.32 Å². The van der Waals surface area contributed by atoms with E-state index < -0.39 is 5.97 Å². The third-order valence-electron chi connectivity index (χ3n) is 4.21. The van der Waals surface area contributed by atoms with E-state index in [2.05, 4.69) is 33.9 Å². The summed E-state index contributed by atoms with van der Waals surface area (Å²) in [6, 6.07) is 9.40. The van der Waals surface area contributed by atoms with E-state index in [1.807, 2.05) is 32.1 Å². The molecule has 0 saturated heterocycles. The molecule has 1 aromatic carbocycles. The van der Waals surface area contributed by atoms with Crippen LogP contribution in [0.4, 0.5) is 11.5 Å². The number of nitrogens with one attached hydrogen (secondary N) is 1. The molecule has 0 fully saturated rings. The summed E-state index contributed by atoms with van der Waals surface area (Å²) in [4.78, 5) is 21.3. The number of rotatable bonds is 7. The van der Waals surface area contributed by atoms with Crippen molar-refractivity contribution in [2.24, 2.45) is 0 Å². The highest BCUT2D eigenvalue weighted by atomic mass is 79.9. The minimum Gasteiger partial charge on any atom is -0.481 e. The number of thiophene rings is 1. The normalized spacial score (nSPS) is 10.7. The molecule has 5 nitrogen and oxygen atoms in total. The Morgan fingerprint density at radius 1 is 1.29 bits per heavy atom. The van der Waals surface area contributed by atoms with E-state index in [0.717, 1.165) is 42.6 Å². The molecule has 0 bridgehead atoms. The van der Waals surface area contributed by atoms with Gasteiger partial charge in [0.05, 0.1) is 15.1 Å². The van der Waals surface area contributed by atoms with E-state index in [-0.39, 0.29) is 6.42 Å². The van der Waals surface area contributed by atoms with Crippen molar-refractivity contribution < 1.29 is 9.90 Å². The number of anilines is 2. The van der Waals surface area contributed by atoms with Crippen LogP contribution in [-0.4, -0.2) is 21.0 Å². The third-order valence-corrected chi connectivity index (χ3v) is 6.34. The van der Waals surface area contributed by atoms with Gasteiger partial charge in [-0.1, -0.05) is 18.2 Å². The van der Waals surface area contributed by atoms with Gasteiger partial charge in [0.2, 0.25) is 0 Å². The summed E-state index contributed by atoms with van der Waals surface area (Å²) in [5.41, 5.74) is 4.63. The van der Waals surface area contributed by atoms with Crippen LogP contribution in [0.5, 0.6) is 0 Å². The van der Waals surface area contributed by atoms with Gasteiger partial charge in [-0.05, 0) is 65.5 Å². The monoisotopic (exact) mass is 457 g/mol. The van der Waals surface area contributed by atoms with Gasteiger partial charge in [-0.2, -0.15) is 0 Å². The Bertz CT molecular complexity index is 1010. The Balaban J connectivity index is 1.97. The maximum atomic E-state index is 10.9. The SMILES string of the molecule is C=CCc1c(C)nc(-c2cc(C)c(Br)s2)nc1Nc1ccc(CC(=O)O)cc1. The quantitative estimate of drug-likeness (QED) is 0.446. The Labute approximate surface area is 176 Å². The number of hydrogen-bond donors (Lipinski definition) is 2. The molecule has 28 heavy (non-hydrogen) atoms. The zero-order chi connectivity index (χ0) is 20.3. The van der Waals surface area contributed by atoms with E-state index in [1.165, 1.54) is 0 Å². The predicted molar refractivity (Wildman–Crippen MR) is 117 cm³/mol. The number of carboxylic acids is 1. The third kappa shape index (κ3) is 4.66. The molecule has 0 unspecified atom stereocenters. The van der Waals surface area contributed by atoms with Crippen molar-refractivity contribution in [1.29, 1.82) is 0 Å². The second kappa shape index (κ2) is 8.67. The number of aliphatic carboxylic acids is 1. The van der Waals surface area contributed by atoms with Gasteiger partial charge in [0.1, 0.15) is 5.82 Å². The highest BCUT2D eigenvalue weighted by Gasteiger charge is 2.15. The number of halogens is 1. The summed E-state index contributed by atoms with van der Waals surface area (Å²) in [6.45, 7) is 7.85. The Morgan fingerprint density at radius 3 is 2.57 bits per heavy atom. The number of benzene rings is 1. The lowest BCUT2D eigenvalue weighted by atomic mass is 10.1. The van der Waals surface area contributed by atoms with Crippen molar-refractivity contribution in [3.8, 4) is 10.7 Å². The van der Waals surface area contributed by atoms with E-state index in [4.69, 9.17) is 15.1 Å². The van der Waals surface area contributed by atoms with Crippen molar-refractivity contribution >= 4 is 44.7 Å². The summed E-state index contributed by atoms with van der Waals surface area (Å²) in [5, 5.41) is 12.3. The molecule has 0 aliphatic carbocycles. The van der Waals surface area contributed by atoms with Crippen LogP contribution in [0.1, 0.15) is 22.4 Å². The van der Waals surface area contributed by atoms with Gasteiger partial charge in [-0.15, -0.1) is 17.9 Å². The van der Waals surface area contributed by atoms with Gasteiger partial charge in [0.25, 0.3) is 0 Å². The minimum atomic E-state index is -0.845. The first-order valence-corrected chi connectivity index (χ1v) is 10.3. The van der Waals surface area contributed by atoms with E-state index >= 15 is 0 Å². The topological polar surface area (TPSA) is 75.1 Å².